The molecule has 1 aromatic rings. The summed E-state index contributed by atoms with van der Waals surface area (Å²) in [5.41, 5.74) is -0.904. The van der Waals surface area contributed by atoms with Crippen LogP contribution in [0.15, 0.2) is 18.5 Å². The molecule has 0 unspecified atom stereocenters. The molecule has 1 aliphatic rings. The van der Waals surface area contributed by atoms with E-state index in [0.717, 1.165) is 12.8 Å². The van der Waals surface area contributed by atoms with E-state index < -0.39 is 11.4 Å². The fourth-order valence-corrected chi connectivity index (χ4v) is 2.36. The molecule has 1 heterocycles. The van der Waals surface area contributed by atoms with E-state index in [4.69, 9.17) is 0 Å². The number of aliphatic carboxylic acids is 1. The predicted octanol–water partition coefficient (Wildman–Crippen LogP) is 1.45. The van der Waals surface area contributed by atoms with Crippen LogP contribution in [0.2, 0.25) is 0 Å². The van der Waals surface area contributed by atoms with Crippen LogP contribution in [0.5, 0.6) is 0 Å². The minimum atomic E-state index is -0.904. The first-order chi connectivity index (χ1) is 8.62. The molecule has 0 atom stereocenters. The highest BCUT2D eigenvalue weighted by molar-refractivity contribution is 5.93. The molecule has 0 bridgehead atoms. The fraction of sp³-hybridized carbons (Fsp3) is 0.500. The van der Waals surface area contributed by atoms with Gasteiger partial charge in [-0.05, 0) is 18.9 Å². The lowest BCUT2D eigenvalue weighted by Crippen LogP contribution is -2.33. The molecule has 0 aliphatic heterocycles. The Hall–Kier alpha value is -1.98. The zero-order valence-electron chi connectivity index (χ0n) is 9.93. The van der Waals surface area contributed by atoms with E-state index >= 15 is 0 Å². The number of hydrogen-bond donors (Lipinski definition) is 2. The van der Waals surface area contributed by atoms with Crippen LogP contribution in [0, 0.1) is 5.41 Å². The zero-order chi connectivity index (χ0) is 13.0. The number of nitrogens with zero attached hydrogens (tertiary/aromatic N) is 2. The molecule has 18 heavy (non-hydrogen) atoms. The molecule has 1 aliphatic carbocycles. The summed E-state index contributed by atoms with van der Waals surface area (Å²) in [6.45, 7) is 0. The summed E-state index contributed by atoms with van der Waals surface area (Å²) < 4.78 is 0. The van der Waals surface area contributed by atoms with Crippen molar-refractivity contribution >= 4 is 17.8 Å². The van der Waals surface area contributed by atoms with Gasteiger partial charge >= 0.3 is 5.97 Å². The number of hydrogen-bond acceptors (Lipinski definition) is 4. The smallest absolute Gasteiger partial charge is 0.310 e. The maximum atomic E-state index is 11.8. The maximum Gasteiger partial charge on any atom is 0.310 e. The molecule has 96 valence electrons. The van der Waals surface area contributed by atoms with Gasteiger partial charge in [0.05, 0.1) is 5.41 Å². The molecular weight excluding hydrogens is 234 g/mol. The predicted molar refractivity (Wildman–Crippen MR) is 63.8 cm³/mol. The van der Waals surface area contributed by atoms with Crippen LogP contribution in [0.4, 0.5) is 5.95 Å². The van der Waals surface area contributed by atoms with Crippen LogP contribution in [-0.2, 0) is 9.59 Å². The summed E-state index contributed by atoms with van der Waals surface area (Å²) in [5.74, 6) is -1.02. The van der Waals surface area contributed by atoms with Crippen LogP contribution in [-0.4, -0.2) is 27.0 Å². The molecule has 1 saturated carbocycles. The Morgan fingerprint density at radius 2 is 1.89 bits per heavy atom. The average Bonchev–Trinajstić information content (AvgIpc) is 2.80. The fourth-order valence-electron chi connectivity index (χ4n) is 2.36. The molecule has 1 fully saturated rings. The molecule has 2 rings (SSSR count). The monoisotopic (exact) mass is 249 g/mol. The third kappa shape index (κ3) is 2.64. The lowest BCUT2D eigenvalue weighted by molar-refractivity contribution is -0.150. The molecule has 0 spiro atoms. The van der Waals surface area contributed by atoms with Gasteiger partial charge in [0.25, 0.3) is 0 Å². The van der Waals surface area contributed by atoms with Crippen molar-refractivity contribution in [3.8, 4) is 0 Å². The van der Waals surface area contributed by atoms with Crippen molar-refractivity contribution in [1.82, 2.24) is 9.97 Å². The van der Waals surface area contributed by atoms with Crippen molar-refractivity contribution in [3.05, 3.63) is 18.5 Å². The number of nitrogens with one attached hydrogen (secondary N) is 1. The summed E-state index contributed by atoms with van der Waals surface area (Å²) in [5, 5.41) is 11.8. The number of carboxylic acids is 1. The van der Waals surface area contributed by atoms with Crippen molar-refractivity contribution in [2.24, 2.45) is 5.41 Å². The first-order valence-corrected chi connectivity index (χ1v) is 5.93. The van der Waals surface area contributed by atoms with Gasteiger partial charge in [-0.3, -0.25) is 14.9 Å². The molecule has 0 aromatic carbocycles. The van der Waals surface area contributed by atoms with Gasteiger partial charge < -0.3 is 5.11 Å². The summed E-state index contributed by atoms with van der Waals surface area (Å²) in [6, 6.07) is 1.64. The van der Waals surface area contributed by atoms with Crippen LogP contribution < -0.4 is 5.32 Å². The van der Waals surface area contributed by atoms with E-state index in [0.29, 0.717) is 12.8 Å². The van der Waals surface area contributed by atoms with Gasteiger partial charge in [-0.25, -0.2) is 9.97 Å². The molecular formula is C12H15N3O3. The van der Waals surface area contributed by atoms with Crippen molar-refractivity contribution in [2.75, 3.05) is 5.32 Å². The van der Waals surface area contributed by atoms with Crippen LogP contribution in [0.1, 0.15) is 32.1 Å². The van der Waals surface area contributed by atoms with Crippen LogP contribution in [0.3, 0.4) is 0 Å². The molecule has 0 saturated heterocycles. The lowest BCUT2D eigenvalue weighted by atomic mass is 9.82. The van der Waals surface area contributed by atoms with Gasteiger partial charge in [-0.1, -0.05) is 12.8 Å². The van der Waals surface area contributed by atoms with E-state index in [1.165, 1.54) is 12.4 Å². The SMILES string of the molecule is O=C(CC1(C(=O)O)CCCC1)Nc1ncccn1. The van der Waals surface area contributed by atoms with Gasteiger partial charge in [-0.15, -0.1) is 0 Å². The van der Waals surface area contributed by atoms with E-state index in [1.807, 2.05) is 0 Å². The maximum absolute atomic E-state index is 11.8. The number of carboxylic acid groups (broad SMARTS) is 1. The zero-order valence-corrected chi connectivity index (χ0v) is 9.93. The normalized spacial score (nSPS) is 17.3. The number of rotatable bonds is 4. The second-order valence-electron chi connectivity index (χ2n) is 4.59. The lowest BCUT2D eigenvalue weighted by Gasteiger charge is -2.22. The Morgan fingerprint density at radius 1 is 1.28 bits per heavy atom. The molecule has 6 heteroatoms. The van der Waals surface area contributed by atoms with Crippen molar-refractivity contribution < 1.29 is 14.7 Å². The highest BCUT2D eigenvalue weighted by Crippen LogP contribution is 2.41. The molecule has 1 amide bonds. The number of amides is 1. The van der Waals surface area contributed by atoms with Crippen LogP contribution >= 0.6 is 0 Å². The largest absolute Gasteiger partial charge is 0.481 e. The second kappa shape index (κ2) is 5.12. The number of carbonyl (C=O) groups excluding carboxylic acids is 1. The second-order valence-corrected chi connectivity index (χ2v) is 4.59. The van der Waals surface area contributed by atoms with Gasteiger partial charge in [-0.2, -0.15) is 0 Å². The van der Waals surface area contributed by atoms with Gasteiger partial charge in [0.2, 0.25) is 11.9 Å². The first-order valence-electron chi connectivity index (χ1n) is 5.93. The minimum Gasteiger partial charge on any atom is -0.481 e. The van der Waals surface area contributed by atoms with Crippen molar-refractivity contribution in [3.63, 3.8) is 0 Å². The summed E-state index contributed by atoms with van der Waals surface area (Å²) in [4.78, 5) is 30.9. The number of aromatic nitrogens is 2. The highest BCUT2D eigenvalue weighted by Gasteiger charge is 2.43. The first kappa shape index (κ1) is 12.5. The molecule has 1 aromatic heterocycles. The average molecular weight is 249 g/mol. The van der Waals surface area contributed by atoms with E-state index in [-0.39, 0.29) is 18.3 Å². The van der Waals surface area contributed by atoms with Gasteiger partial charge in [0, 0.05) is 18.8 Å². The summed E-state index contributed by atoms with van der Waals surface area (Å²) in [6.07, 6.45) is 5.87. The van der Waals surface area contributed by atoms with Gasteiger partial charge in [0.1, 0.15) is 0 Å². The third-order valence-corrected chi connectivity index (χ3v) is 3.33. The Morgan fingerprint density at radius 3 is 2.44 bits per heavy atom. The van der Waals surface area contributed by atoms with E-state index in [1.54, 1.807) is 6.07 Å². The Kier molecular flexibility index (Phi) is 3.55. The topological polar surface area (TPSA) is 92.2 Å². The molecule has 0 radical (unpaired) electrons. The quantitative estimate of drug-likeness (QED) is 0.842. The third-order valence-electron chi connectivity index (χ3n) is 3.33. The Balaban J connectivity index is 2.00. The Bertz CT molecular complexity index is 441. The number of anilines is 1. The summed E-state index contributed by atoms with van der Waals surface area (Å²) in [7, 11) is 0. The standard InChI is InChI=1S/C12H15N3O3/c16-9(15-11-13-6-3-7-14-11)8-12(10(17)18)4-1-2-5-12/h3,6-7H,1-2,4-5,8H2,(H,17,18)(H,13,14,15,16). The minimum absolute atomic E-state index is 0.0133. The summed E-state index contributed by atoms with van der Waals surface area (Å²) >= 11 is 0. The van der Waals surface area contributed by atoms with Crippen LogP contribution in [0.25, 0.3) is 0 Å². The molecule has 6 nitrogen and oxygen atoms in total. The number of carbonyl (C=O) groups is 2. The van der Waals surface area contributed by atoms with Crippen molar-refractivity contribution in [1.29, 1.82) is 0 Å². The Labute approximate surface area is 104 Å². The molecule has 2 N–H and O–H groups in total. The van der Waals surface area contributed by atoms with Gasteiger partial charge in [0.15, 0.2) is 0 Å². The highest BCUT2D eigenvalue weighted by atomic mass is 16.4. The van der Waals surface area contributed by atoms with Crippen molar-refractivity contribution in [2.45, 2.75) is 32.1 Å². The van der Waals surface area contributed by atoms with E-state index in [2.05, 4.69) is 15.3 Å². The van der Waals surface area contributed by atoms with E-state index in [9.17, 15) is 14.7 Å².